The predicted molar refractivity (Wildman–Crippen MR) is 125 cm³/mol. The van der Waals surface area contributed by atoms with Crippen LogP contribution in [-0.4, -0.2) is 27.7 Å². The van der Waals surface area contributed by atoms with Crippen molar-refractivity contribution >= 4 is 33.4 Å². The van der Waals surface area contributed by atoms with Crippen LogP contribution in [0.2, 0.25) is 0 Å². The number of carbonyl (C=O) groups is 1. The fraction of sp³-hybridized carbons (Fsp3) is 0.125. The topological polar surface area (TPSA) is 103 Å². The summed E-state index contributed by atoms with van der Waals surface area (Å²) in [5.41, 5.74) is 1.68. The molecular weight excluding hydrogens is 444 g/mol. The van der Waals surface area contributed by atoms with Crippen molar-refractivity contribution in [2.24, 2.45) is 0 Å². The average Bonchev–Trinajstić information content (AvgIpc) is 3.27. The van der Waals surface area contributed by atoms with Gasteiger partial charge in [0.25, 0.3) is 10.0 Å². The summed E-state index contributed by atoms with van der Waals surface area (Å²) in [5, 5.41) is 2.70. The Morgan fingerprint density at radius 2 is 1.67 bits per heavy atom. The van der Waals surface area contributed by atoms with Crippen LogP contribution in [0.4, 0.5) is 11.4 Å². The van der Waals surface area contributed by atoms with E-state index in [1.807, 2.05) is 13.0 Å². The van der Waals surface area contributed by atoms with E-state index in [0.717, 1.165) is 5.56 Å². The SMILES string of the molecule is CCOc1ccc(NS(=O)(=O)c2ccc(NC(=O)/C=C/c3ccc4c(c3)OCO4)cc2)cc1. The van der Waals surface area contributed by atoms with Gasteiger partial charge < -0.3 is 19.5 Å². The number of hydrogen-bond acceptors (Lipinski definition) is 6. The molecule has 0 saturated heterocycles. The number of sulfonamides is 1. The van der Waals surface area contributed by atoms with Crippen LogP contribution >= 0.6 is 0 Å². The minimum atomic E-state index is -3.77. The normalized spacial score (nSPS) is 12.5. The zero-order chi connectivity index (χ0) is 23.3. The van der Waals surface area contributed by atoms with Crippen molar-refractivity contribution in [2.75, 3.05) is 23.4 Å². The minimum absolute atomic E-state index is 0.0743. The first-order valence-corrected chi connectivity index (χ1v) is 11.7. The first-order valence-electron chi connectivity index (χ1n) is 10.2. The summed E-state index contributed by atoms with van der Waals surface area (Å²) in [7, 11) is -3.77. The molecule has 170 valence electrons. The third-order valence-electron chi connectivity index (χ3n) is 4.67. The highest BCUT2D eigenvalue weighted by Crippen LogP contribution is 2.32. The van der Waals surface area contributed by atoms with Crippen molar-refractivity contribution in [1.82, 2.24) is 0 Å². The second-order valence-corrected chi connectivity index (χ2v) is 8.70. The molecule has 3 aromatic carbocycles. The molecule has 1 amide bonds. The molecule has 0 fully saturated rings. The Morgan fingerprint density at radius 1 is 0.970 bits per heavy atom. The van der Waals surface area contributed by atoms with Crippen molar-refractivity contribution < 1.29 is 27.4 Å². The number of ether oxygens (including phenoxy) is 3. The smallest absolute Gasteiger partial charge is 0.261 e. The van der Waals surface area contributed by atoms with Gasteiger partial charge in [0.05, 0.1) is 11.5 Å². The zero-order valence-corrected chi connectivity index (χ0v) is 18.6. The average molecular weight is 467 g/mol. The summed E-state index contributed by atoms with van der Waals surface area (Å²) < 4.78 is 43.7. The summed E-state index contributed by atoms with van der Waals surface area (Å²) in [6.07, 6.45) is 3.03. The van der Waals surface area contributed by atoms with Gasteiger partial charge in [0.15, 0.2) is 11.5 Å². The van der Waals surface area contributed by atoms with E-state index >= 15 is 0 Å². The van der Waals surface area contributed by atoms with E-state index in [2.05, 4.69) is 10.0 Å². The Kier molecular flexibility index (Phi) is 6.50. The van der Waals surface area contributed by atoms with E-state index in [0.29, 0.717) is 35.2 Å². The monoisotopic (exact) mass is 466 g/mol. The number of rotatable bonds is 8. The predicted octanol–water partition coefficient (Wildman–Crippen LogP) is 4.27. The number of anilines is 2. The van der Waals surface area contributed by atoms with Gasteiger partial charge >= 0.3 is 0 Å². The molecule has 0 radical (unpaired) electrons. The maximum absolute atomic E-state index is 12.6. The van der Waals surface area contributed by atoms with Gasteiger partial charge in [-0.15, -0.1) is 0 Å². The van der Waals surface area contributed by atoms with Crippen molar-refractivity contribution in [3.63, 3.8) is 0 Å². The number of amides is 1. The van der Waals surface area contributed by atoms with E-state index in [1.165, 1.54) is 30.3 Å². The molecule has 1 heterocycles. The molecule has 0 unspecified atom stereocenters. The lowest BCUT2D eigenvalue weighted by molar-refractivity contribution is -0.111. The summed E-state index contributed by atoms with van der Waals surface area (Å²) in [4.78, 5) is 12.3. The van der Waals surface area contributed by atoms with Crippen molar-refractivity contribution in [3.05, 3.63) is 78.4 Å². The second-order valence-electron chi connectivity index (χ2n) is 7.02. The lowest BCUT2D eigenvalue weighted by atomic mass is 10.2. The molecule has 0 aromatic heterocycles. The fourth-order valence-electron chi connectivity index (χ4n) is 3.09. The molecule has 0 saturated carbocycles. The van der Waals surface area contributed by atoms with Crippen LogP contribution in [0.15, 0.2) is 77.7 Å². The maximum Gasteiger partial charge on any atom is 0.261 e. The third-order valence-corrected chi connectivity index (χ3v) is 6.07. The molecule has 3 aromatic rings. The van der Waals surface area contributed by atoms with Crippen molar-refractivity contribution in [1.29, 1.82) is 0 Å². The minimum Gasteiger partial charge on any atom is -0.494 e. The largest absolute Gasteiger partial charge is 0.494 e. The van der Waals surface area contributed by atoms with Crippen LogP contribution in [-0.2, 0) is 14.8 Å². The van der Waals surface area contributed by atoms with E-state index in [9.17, 15) is 13.2 Å². The van der Waals surface area contributed by atoms with Crippen molar-refractivity contribution in [2.45, 2.75) is 11.8 Å². The summed E-state index contributed by atoms with van der Waals surface area (Å²) in [6.45, 7) is 2.59. The molecule has 0 aliphatic carbocycles. The highest BCUT2D eigenvalue weighted by molar-refractivity contribution is 7.92. The molecule has 1 aliphatic rings. The highest BCUT2D eigenvalue weighted by atomic mass is 32.2. The Hall–Kier alpha value is -3.98. The molecular formula is C24H22N2O6S. The van der Waals surface area contributed by atoms with Gasteiger partial charge in [-0.05, 0) is 79.2 Å². The van der Waals surface area contributed by atoms with Gasteiger partial charge in [0.1, 0.15) is 5.75 Å². The fourth-order valence-corrected chi connectivity index (χ4v) is 4.15. The first kappa shape index (κ1) is 22.2. The molecule has 33 heavy (non-hydrogen) atoms. The van der Waals surface area contributed by atoms with Crippen LogP contribution in [0.3, 0.4) is 0 Å². The molecule has 8 nitrogen and oxygen atoms in total. The summed E-state index contributed by atoms with van der Waals surface area (Å²) >= 11 is 0. The number of carbonyl (C=O) groups excluding carboxylic acids is 1. The molecule has 2 N–H and O–H groups in total. The highest BCUT2D eigenvalue weighted by Gasteiger charge is 2.15. The van der Waals surface area contributed by atoms with Gasteiger partial charge in [-0.1, -0.05) is 6.07 Å². The van der Waals surface area contributed by atoms with Crippen LogP contribution < -0.4 is 24.2 Å². The number of fused-ring (bicyclic) bond motifs is 1. The standard InChI is InChI=1S/C24H22N2O6S/c1-2-30-20-9-5-19(6-10-20)26-33(28,29)21-11-7-18(8-12-21)25-24(27)14-4-17-3-13-22-23(15-17)32-16-31-22/h3-15,26H,2,16H2,1H3,(H,25,27)/b14-4+. The van der Waals surface area contributed by atoms with Crippen LogP contribution in [0.25, 0.3) is 6.08 Å². The lowest BCUT2D eigenvalue weighted by Crippen LogP contribution is -2.13. The number of hydrogen-bond donors (Lipinski definition) is 2. The molecule has 1 aliphatic heterocycles. The Bertz CT molecular complexity index is 1270. The van der Waals surface area contributed by atoms with Gasteiger partial charge in [-0.3, -0.25) is 9.52 Å². The van der Waals surface area contributed by atoms with Crippen molar-refractivity contribution in [3.8, 4) is 17.2 Å². The summed E-state index contributed by atoms with van der Waals surface area (Å²) in [6, 6.07) is 17.9. The number of benzene rings is 3. The van der Waals surface area contributed by atoms with Gasteiger partial charge in [0.2, 0.25) is 12.7 Å². The van der Waals surface area contributed by atoms with Crippen LogP contribution in [0, 0.1) is 0 Å². The van der Waals surface area contributed by atoms with Gasteiger partial charge in [0, 0.05) is 17.5 Å². The number of nitrogens with one attached hydrogen (secondary N) is 2. The van der Waals surface area contributed by atoms with Crippen LogP contribution in [0.5, 0.6) is 17.2 Å². The maximum atomic E-state index is 12.6. The molecule has 0 spiro atoms. The Balaban J connectivity index is 1.36. The quantitative estimate of drug-likeness (QED) is 0.481. The Morgan fingerprint density at radius 3 is 2.39 bits per heavy atom. The zero-order valence-electron chi connectivity index (χ0n) is 17.8. The second kappa shape index (κ2) is 9.66. The first-order chi connectivity index (χ1) is 15.9. The van der Waals surface area contributed by atoms with Gasteiger partial charge in [-0.25, -0.2) is 8.42 Å². The van der Waals surface area contributed by atoms with Gasteiger partial charge in [-0.2, -0.15) is 0 Å². The van der Waals surface area contributed by atoms with E-state index in [-0.39, 0.29) is 17.6 Å². The third kappa shape index (κ3) is 5.64. The van der Waals surface area contributed by atoms with E-state index in [1.54, 1.807) is 42.5 Å². The van der Waals surface area contributed by atoms with E-state index in [4.69, 9.17) is 14.2 Å². The van der Waals surface area contributed by atoms with Crippen LogP contribution in [0.1, 0.15) is 12.5 Å². The lowest BCUT2D eigenvalue weighted by Gasteiger charge is -2.10. The molecule has 0 atom stereocenters. The summed E-state index contributed by atoms with van der Waals surface area (Å²) in [5.74, 6) is 1.61. The molecule has 9 heteroatoms. The molecule has 4 rings (SSSR count). The molecule has 0 bridgehead atoms. The Labute approximate surface area is 191 Å². The van der Waals surface area contributed by atoms with E-state index < -0.39 is 10.0 Å².